The zero-order chi connectivity index (χ0) is 20.0. The number of carbonyl (C=O) groups excluding carboxylic acids is 1. The molecule has 0 fully saturated rings. The number of aromatic nitrogens is 2. The molecule has 2 rings (SSSR count). The number of nitrogens with one attached hydrogen (secondary N) is 2. The Bertz CT molecular complexity index is 840. The zero-order valence-corrected chi connectivity index (χ0v) is 14.5. The third kappa shape index (κ3) is 5.57. The molecule has 13 heteroatoms. The largest absolute Gasteiger partial charge is 0.419 e. The number of halogens is 4. The van der Waals surface area contributed by atoms with Gasteiger partial charge in [-0.2, -0.15) is 13.2 Å². The third-order valence-corrected chi connectivity index (χ3v) is 3.98. The highest BCUT2D eigenvalue weighted by Crippen LogP contribution is 2.33. The van der Waals surface area contributed by atoms with Crippen LogP contribution in [0.2, 0.25) is 0 Å². The second-order valence-electron chi connectivity index (χ2n) is 5.02. The Balaban J connectivity index is 2.15. The van der Waals surface area contributed by atoms with E-state index in [1.54, 1.807) is 0 Å². The number of hydrogen-bond donors (Lipinski definition) is 3. The summed E-state index contributed by atoms with van der Waals surface area (Å²) in [5.41, 5.74) is -1.73. The molecule has 27 heavy (non-hydrogen) atoms. The number of anilines is 1. The van der Waals surface area contributed by atoms with Gasteiger partial charge in [0.25, 0.3) is 0 Å². The average Bonchev–Trinajstić information content (AvgIpc) is 3.05. The average molecular weight is 407 g/mol. The first-order chi connectivity index (χ1) is 12.7. The summed E-state index contributed by atoms with van der Waals surface area (Å²) in [7, 11) is 0. The molecule has 146 valence electrons. The predicted octanol–water partition coefficient (Wildman–Crippen LogP) is 2.70. The molecule has 1 aromatic heterocycles. The summed E-state index contributed by atoms with van der Waals surface area (Å²) in [5, 5.41) is 24.4. The van der Waals surface area contributed by atoms with Crippen LogP contribution in [-0.4, -0.2) is 39.6 Å². The molecule has 0 unspecified atom stereocenters. The van der Waals surface area contributed by atoms with Crippen molar-refractivity contribution in [3.05, 3.63) is 35.3 Å². The number of thioether (sulfide) groups is 1. The molecule has 3 N–H and O–H groups in total. The topological polar surface area (TPSA) is 113 Å². The van der Waals surface area contributed by atoms with Crippen LogP contribution < -0.4 is 10.6 Å². The molecule has 0 spiro atoms. The van der Waals surface area contributed by atoms with Gasteiger partial charge in [-0.1, -0.05) is 16.9 Å². The number of oxime groups is 1. The van der Waals surface area contributed by atoms with Crippen molar-refractivity contribution in [3.8, 4) is 0 Å². The standard InChI is InChI=1S/C14H13F4N5O3S/c1-7(24)19-4-5-27-13-11(22-26-23-13)12(21-25)20-8-2-3-10(15)9(6-8)14(16,17)18/h2-3,6,25H,4-5H2,1H3,(H,19,24)(H,20,21). The molecule has 0 saturated carbocycles. The molecule has 0 atom stereocenters. The van der Waals surface area contributed by atoms with Crippen LogP contribution in [0.5, 0.6) is 0 Å². The molecule has 1 heterocycles. The Morgan fingerprint density at radius 3 is 2.74 bits per heavy atom. The van der Waals surface area contributed by atoms with Crippen LogP contribution in [0.1, 0.15) is 18.2 Å². The van der Waals surface area contributed by atoms with Crippen LogP contribution in [0.3, 0.4) is 0 Å². The lowest BCUT2D eigenvalue weighted by Gasteiger charge is -2.11. The van der Waals surface area contributed by atoms with E-state index in [2.05, 4.69) is 30.7 Å². The van der Waals surface area contributed by atoms with Crippen molar-refractivity contribution in [2.75, 3.05) is 17.6 Å². The number of amides is 1. The normalized spacial score (nSPS) is 12.1. The van der Waals surface area contributed by atoms with Crippen molar-refractivity contribution in [1.29, 1.82) is 0 Å². The number of benzene rings is 1. The number of rotatable bonds is 6. The molecule has 0 aliphatic carbocycles. The second-order valence-corrected chi connectivity index (χ2v) is 6.10. The van der Waals surface area contributed by atoms with Gasteiger partial charge < -0.3 is 15.8 Å². The molecular formula is C14H13F4N5O3S. The quantitative estimate of drug-likeness (QED) is 0.128. The Hall–Kier alpha value is -2.83. The minimum atomic E-state index is -4.89. The van der Waals surface area contributed by atoms with Crippen LogP contribution in [-0.2, 0) is 11.0 Å². The Morgan fingerprint density at radius 2 is 2.11 bits per heavy atom. The van der Waals surface area contributed by atoms with Gasteiger partial charge in [-0.15, -0.1) is 0 Å². The fraction of sp³-hybridized carbons (Fsp3) is 0.286. The van der Waals surface area contributed by atoms with Gasteiger partial charge >= 0.3 is 6.18 Å². The van der Waals surface area contributed by atoms with E-state index < -0.39 is 17.6 Å². The number of carbonyl (C=O) groups is 1. The van der Waals surface area contributed by atoms with Gasteiger partial charge in [0.15, 0.2) is 10.7 Å². The Labute approximate surface area is 154 Å². The molecule has 0 bridgehead atoms. The maximum absolute atomic E-state index is 13.4. The number of nitrogens with zero attached hydrogens (tertiary/aromatic N) is 3. The van der Waals surface area contributed by atoms with E-state index in [0.29, 0.717) is 24.4 Å². The summed E-state index contributed by atoms with van der Waals surface area (Å²) >= 11 is 1.11. The van der Waals surface area contributed by atoms with Gasteiger partial charge in [-0.3, -0.25) is 4.79 Å². The van der Waals surface area contributed by atoms with E-state index in [1.807, 2.05) is 0 Å². The zero-order valence-electron chi connectivity index (χ0n) is 13.7. The van der Waals surface area contributed by atoms with Gasteiger partial charge in [0.05, 0.1) is 5.56 Å². The minimum Gasteiger partial charge on any atom is -0.409 e. The van der Waals surface area contributed by atoms with E-state index in [4.69, 9.17) is 5.21 Å². The van der Waals surface area contributed by atoms with E-state index in [1.165, 1.54) is 6.92 Å². The fourth-order valence-corrected chi connectivity index (χ4v) is 2.64. The van der Waals surface area contributed by atoms with Crippen LogP contribution >= 0.6 is 11.8 Å². The van der Waals surface area contributed by atoms with Crippen molar-refractivity contribution in [1.82, 2.24) is 15.6 Å². The van der Waals surface area contributed by atoms with Gasteiger partial charge in [0, 0.05) is 24.9 Å². The molecule has 0 saturated heterocycles. The number of amidine groups is 1. The van der Waals surface area contributed by atoms with Crippen molar-refractivity contribution >= 4 is 29.2 Å². The molecule has 1 amide bonds. The number of hydrogen-bond acceptors (Lipinski definition) is 7. The summed E-state index contributed by atoms with van der Waals surface area (Å²) < 4.78 is 56.3. The first-order valence-electron chi connectivity index (χ1n) is 7.28. The van der Waals surface area contributed by atoms with Gasteiger partial charge in [-0.25, -0.2) is 9.02 Å². The monoisotopic (exact) mass is 407 g/mol. The smallest absolute Gasteiger partial charge is 0.409 e. The maximum Gasteiger partial charge on any atom is 0.419 e. The predicted molar refractivity (Wildman–Crippen MR) is 87.1 cm³/mol. The Kier molecular flexibility index (Phi) is 6.60. The molecule has 1 aromatic carbocycles. The third-order valence-electron chi connectivity index (χ3n) is 3.03. The second kappa shape index (κ2) is 8.70. The summed E-state index contributed by atoms with van der Waals surface area (Å²) in [6.07, 6.45) is -4.89. The van der Waals surface area contributed by atoms with Crippen molar-refractivity contribution in [2.45, 2.75) is 18.1 Å². The summed E-state index contributed by atoms with van der Waals surface area (Å²) in [5.74, 6) is -1.62. The van der Waals surface area contributed by atoms with Crippen molar-refractivity contribution < 1.29 is 32.2 Å². The highest BCUT2D eigenvalue weighted by molar-refractivity contribution is 7.99. The first kappa shape index (κ1) is 20.5. The van der Waals surface area contributed by atoms with Crippen LogP contribution in [0.15, 0.2) is 33.0 Å². The molecule has 0 radical (unpaired) electrons. The highest BCUT2D eigenvalue weighted by atomic mass is 32.2. The summed E-state index contributed by atoms with van der Waals surface area (Å²) in [4.78, 5) is 10.8. The summed E-state index contributed by atoms with van der Waals surface area (Å²) in [6.45, 7) is 1.67. The fourth-order valence-electron chi connectivity index (χ4n) is 1.88. The number of alkyl halides is 3. The van der Waals surface area contributed by atoms with Crippen LogP contribution in [0, 0.1) is 5.82 Å². The molecular weight excluding hydrogens is 394 g/mol. The van der Waals surface area contributed by atoms with Crippen molar-refractivity contribution in [3.63, 3.8) is 0 Å². The van der Waals surface area contributed by atoms with E-state index in [0.717, 1.165) is 17.8 Å². The lowest BCUT2D eigenvalue weighted by atomic mass is 10.1. The molecule has 0 aliphatic heterocycles. The van der Waals surface area contributed by atoms with E-state index in [-0.39, 0.29) is 28.2 Å². The van der Waals surface area contributed by atoms with Gasteiger partial charge in [0.2, 0.25) is 11.7 Å². The molecule has 8 nitrogen and oxygen atoms in total. The van der Waals surface area contributed by atoms with Gasteiger partial charge in [0.1, 0.15) is 5.82 Å². The minimum absolute atomic E-state index is 0.0665. The first-order valence-corrected chi connectivity index (χ1v) is 8.27. The van der Waals surface area contributed by atoms with E-state index in [9.17, 15) is 22.4 Å². The van der Waals surface area contributed by atoms with Gasteiger partial charge in [-0.05, 0) is 28.5 Å². The lowest BCUT2D eigenvalue weighted by Crippen LogP contribution is -2.22. The Morgan fingerprint density at radius 1 is 1.37 bits per heavy atom. The molecule has 0 aliphatic rings. The van der Waals surface area contributed by atoms with Crippen LogP contribution in [0.25, 0.3) is 0 Å². The SMILES string of the molecule is CC(=O)NCCSc1nonc1/C(=N\O)Nc1ccc(F)c(C(F)(F)F)c1. The maximum atomic E-state index is 13.4. The van der Waals surface area contributed by atoms with Crippen molar-refractivity contribution in [2.24, 2.45) is 5.16 Å². The lowest BCUT2D eigenvalue weighted by molar-refractivity contribution is -0.139. The molecule has 2 aromatic rings. The van der Waals surface area contributed by atoms with E-state index >= 15 is 0 Å². The van der Waals surface area contributed by atoms with Crippen LogP contribution in [0.4, 0.5) is 23.2 Å². The summed E-state index contributed by atoms with van der Waals surface area (Å²) in [6, 6.07) is 2.19. The highest BCUT2D eigenvalue weighted by Gasteiger charge is 2.34.